The van der Waals surface area contributed by atoms with Gasteiger partial charge in [0.25, 0.3) is 0 Å². The van der Waals surface area contributed by atoms with Crippen molar-refractivity contribution in [1.29, 1.82) is 0 Å². The van der Waals surface area contributed by atoms with Gasteiger partial charge in [-0.15, -0.1) is 10.2 Å². The Labute approximate surface area is 144 Å². The van der Waals surface area contributed by atoms with Gasteiger partial charge in [-0.2, -0.15) is 0 Å². The minimum absolute atomic E-state index is 0.0660. The van der Waals surface area contributed by atoms with Gasteiger partial charge in [0.1, 0.15) is 6.33 Å². The first-order chi connectivity index (χ1) is 11.1. The van der Waals surface area contributed by atoms with Gasteiger partial charge in [0.05, 0.1) is 5.02 Å². The Morgan fingerprint density at radius 3 is 2.87 bits per heavy atom. The van der Waals surface area contributed by atoms with E-state index in [0.29, 0.717) is 5.02 Å². The van der Waals surface area contributed by atoms with E-state index in [2.05, 4.69) is 20.8 Å². The number of hydrogen-bond acceptors (Lipinski definition) is 5. The van der Waals surface area contributed by atoms with Crippen molar-refractivity contribution in [2.24, 2.45) is 13.0 Å². The van der Waals surface area contributed by atoms with Gasteiger partial charge >= 0.3 is 0 Å². The number of anilines is 1. The molecule has 1 fully saturated rings. The van der Waals surface area contributed by atoms with Crippen molar-refractivity contribution in [3.05, 3.63) is 29.5 Å². The second kappa shape index (κ2) is 7.33. The molecule has 6 nitrogen and oxygen atoms in total. The maximum atomic E-state index is 12.3. The van der Waals surface area contributed by atoms with Crippen LogP contribution in [0.25, 0.3) is 0 Å². The third-order valence-electron chi connectivity index (χ3n) is 3.78. The number of rotatable bonds is 4. The summed E-state index contributed by atoms with van der Waals surface area (Å²) in [5, 5.41) is 15.4. The summed E-state index contributed by atoms with van der Waals surface area (Å²) in [4.78, 5) is 13.1. The number of carbonyl (C=O) groups is 1. The summed E-state index contributed by atoms with van der Waals surface area (Å²) in [5.41, 5.74) is 0.723. The van der Waals surface area contributed by atoms with Crippen molar-refractivity contribution in [2.45, 2.75) is 22.9 Å². The predicted molar refractivity (Wildman–Crippen MR) is 90.8 cm³/mol. The minimum atomic E-state index is 0.0660. The molecule has 0 aliphatic carbocycles. The van der Waals surface area contributed by atoms with Crippen LogP contribution in [0, 0.1) is 5.92 Å². The molecule has 0 unspecified atom stereocenters. The van der Waals surface area contributed by atoms with Gasteiger partial charge in [0, 0.05) is 23.5 Å². The fourth-order valence-electron chi connectivity index (χ4n) is 2.45. The first kappa shape index (κ1) is 16.3. The van der Waals surface area contributed by atoms with Crippen molar-refractivity contribution >= 4 is 35.0 Å². The van der Waals surface area contributed by atoms with Crippen molar-refractivity contribution in [2.75, 3.05) is 18.4 Å². The van der Waals surface area contributed by atoms with Crippen molar-refractivity contribution in [3.8, 4) is 0 Å². The van der Waals surface area contributed by atoms with Crippen LogP contribution in [0.3, 0.4) is 0 Å². The normalized spacial score (nSPS) is 15.6. The lowest BCUT2D eigenvalue weighted by Gasteiger charge is -2.21. The molecular formula is C15H18ClN5OS. The number of piperidine rings is 1. The lowest BCUT2D eigenvalue weighted by molar-refractivity contribution is -0.120. The quantitative estimate of drug-likeness (QED) is 0.885. The summed E-state index contributed by atoms with van der Waals surface area (Å²) in [6, 6.07) is 5.53. The maximum Gasteiger partial charge on any atom is 0.227 e. The highest BCUT2D eigenvalue weighted by Crippen LogP contribution is 2.33. The largest absolute Gasteiger partial charge is 0.326 e. The van der Waals surface area contributed by atoms with Crippen LogP contribution >= 0.6 is 23.4 Å². The first-order valence-electron chi connectivity index (χ1n) is 7.46. The Hall–Kier alpha value is -1.57. The van der Waals surface area contributed by atoms with E-state index >= 15 is 0 Å². The molecule has 0 atom stereocenters. The van der Waals surface area contributed by atoms with E-state index in [0.717, 1.165) is 41.7 Å². The highest BCUT2D eigenvalue weighted by Gasteiger charge is 2.21. The number of halogens is 1. The molecule has 0 radical (unpaired) electrons. The van der Waals surface area contributed by atoms with Crippen LogP contribution in [0.4, 0.5) is 5.69 Å². The molecule has 8 heteroatoms. The van der Waals surface area contributed by atoms with Gasteiger partial charge in [0.2, 0.25) is 5.91 Å². The number of benzene rings is 1. The number of nitrogens with zero attached hydrogens (tertiary/aromatic N) is 3. The number of aromatic nitrogens is 3. The molecule has 2 heterocycles. The zero-order chi connectivity index (χ0) is 16.2. The number of amides is 1. The number of nitrogens with one attached hydrogen (secondary N) is 2. The third-order valence-corrected chi connectivity index (χ3v) is 5.33. The van der Waals surface area contributed by atoms with Crippen molar-refractivity contribution in [3.63, 3.8) is 0 Å². The molecule has 0 spiro atoms. The highest BCUT2D eigenvalue weighted by atomic mass is 35.5. The summed E-state index contributed by atoms with van der Waals surface area (Å²) >= 11 is 7.77. The second-order valence-electron chi connectivity index (χ2n) is 5.49. The Morgan fingerprint density at radius 2 is 2.22 bits per heavy atom. The molecule has 1 saturated heterocycles. The second-order valence-corrected chi connectivity index (χ2v) is 6.90. The predicted octanol–water partition coefficient (Wildman–Crippen LogP) is 2.56. The molecule has 1 aliphatic heterocycles. The maximum absolute atomic E-state index is 12.3. The van der Waals surface area contributed by atoms with Crippen molar-refractivity contribution < 1.29 is 4.79 Å². The van der Waals surface area contributed by atoms with Gasteiger partial charge in [-0.1, -0.05) is 11.6 Å². The Balaban J connectivity index is 1.66. The van der Waals surface area contributed by atoms with Crippen LogP contribution in [-0.4, -0.2) is 33.8 Å². The van der Waals surface area contributed by atoms with Crippen LogP contribution in [0.5, 0.6) is 0 Å². The molecule has 2 N–H and O–H groups in total. The summed E-state index contributed by atoms with van der Waals surface area (Å²) in [6.45, 7) is 1.79. The Bertz CT molecular complexity index is 699. The molecule has 1 aliphatic rings. The Kier molecular flexibility index (Phi) is 5.20. The molecule has 122 valence electrons. The molecule has 1 aromatic carbocycles. The molecule has 1 aromatic heterocycles. The third kappa shape index (κ3) is 4.04. The van der Waals surface area contributed by atoms with Gasteiger partial charge < -0.3 is 15.2 Å². The fraction of sp³-hybridized carbons (Fsp3) is 0.400. The number of hydrogen-bond donors (Lipinski definition) is 2. The molecule has 1 amide bonds. The standard InChI is InChI=1S/C15H18ClN5OS/c1-21-9-18-20-15(21)23-13-3-2-11(8-12(13)16)19-14(22)10-4-6-17-7-5-10/h2-3,8-10,17H,4-7H2,1H3,(H,19,22). The van der Waals surface area contributed by atoms with Gasteiger partial charge in [0.15, 0.2) is 5.16 Å². The zero-order valence-electron chi connectivity index (χ0n) is 12.8. The van der Waals surface area contributed by atoms with Crippen molar-refractivity contribution in [1.82, 2.24) is 20.1 Å². The number of aryl methyl sites for hydroxylation is 1. The lowest BCUT2D eigenvalue weighted by atomic mass is 9.97. The van der Waals surface area contributed by atoms with Crippen LogP contribution in [-0.2, 0) is 11.8 Å². The van der Waals surface area contributed by atoms with Gasteiger partial charge in [-0.05, 0) is 55.9 Å². The molecule has 0 saturated carbocycles. The van der Waals surface area contributed by atoms with E-state index < -0.39 is 0 Å². The molecular weight excluding hydrogens is 334 g/mol. The average Bonchev–Trinajstić information content (AvgIpc) is 2.96. The number of carbonyl (C=O) groups excluding carboxylic acids is 1. The minimum Gasteiger partial charge on any atom is -0.326 e. The topological polar surface area (TPSA) is 71.8 Å². The van der Waals surface area contributed by atoms with Gasteiger partial charge in [-0.25, -0.2) is 0 Å². The first-order valence-corrected chi connectivity index (χ1v) is 8.66. The summed E-state index contributed by atoms with van der Waals surface area (Å²) in [7, 11) is 1.88. The van der Waals surface area contributed by atoms with Gasteiger partial charge in [-0.3, -0.25) is 4.79 Å². The summed E-state index contributed by atoms with van der Waals surface area (Å²) < 4.78 is 1.83. The van der Waals surface area contributed by atoms with E-state index in [1.54, 1.807) is 12.4 Å². The van der Waals surface area contributed by atoms with E-state index in [-0.39, 0.29) is 11.8 Å². The zero-order valence-corrected chi connectivity index (χ0v) is 14.3. The van der Waals surface area contributed by atoms with Crippen LogP contribution in [0.15, 0.2) is 34.6 Å². The summed E-state index contributed by atoms with van der Waals surface area (Å²) in [5.74, 6) is 0.138. The monoisotopic (exact) mass is 351 g/mol. The van der Waals surface area contributed by atoms with E-state index in [1.807, 2.05) is 23.7 Å². The average molecular weight is 352 g/mol. The highest BCUT2D eigenvalue weighted by molar-refractivity contribution is 7.99. The smallest absolute Gasteiger partial charge is 0.227 e. The fourth-order valence-corrected chi connectivity index (χ4v) is 3.52. The summed E-state index contributed by atoms with van der Waals surface area (Å²) in [6.07, 6.45) is 3.39. The van der Waals surface area contributed by atoms with Crippen LogP contribution < -0.4 is 10.6 Å². The van der Waals surface area contributed by atoms with E-state index in [4.69, 9.17) is 11.6 Å². The lowest BCUT2D eigenvalue weighted by Crippen LogP contribution is -2.34. The molecule has 2 aromatic rings. The molecule has 3 rings (SSSR count). The Morgan fingerprint density at radius 1 is 1.43 bits per heavy atom. The van der Waals surface area contributed by atoms with Crippen LogP contribution in [0.2, 0.25) is 5.02 Å². The molecule has 0 bridgehead atoms. The van der Waals surface area contributed by atoms with E-state index in [9.17, 15) is 4.79 Å². The van der Waals surface area contributed by atoms with E-state index in [1.165, 1.54) is 11.8 Å². The molecule has 23 heavy (non-hydrogen) atoms. The van der Waals surface area contributed by atoms with Crippen LogP contribution in [0.1, 0.15) is 12.8 Å². The SMILES string of the molecule is Cn1cnnc1Sc1ccc(NC(=O)C2CCNCC2)cc1Cl.